The first-order valence-electron chi connectivity index (χ1n) is 3.64. The summed E-state index contributed by atoms with van der Waals surface area (Å²) in [5.74, 6) is 0.653. The van der Waals surface area contributed by atoms with Crippen molar-refractivity contribution in [3.63, 3.8) is 0 Å². The van der Waals surface area contributed by atoms with Crippen molar-refractivity contribution in [3.05, 3.63) is 33.8 Å². The molecule has 1 radical (unpaired) electrons. The molecule has 1 saturated carbocycles. The largest absolute Gasteiger partial charge is 0.0843 e. The van der Waals surface area contributed by atoms with Crippen molar-refractivity contribution >= 4 is 23.2 Å². The smallest absolute Gasteiger partial charge is 0.0461 e. The Morgan fingerprint density at radius 3 is 2.64 bits per heavy atom. The van der Waals surface area contributed by atoms with E-state index in [1.54, 1.807) is 12.1 Å². The Hall–Kier alpha value is -0.200. The summed E-state index contributed by atoms with van der Waals surface area (Å²) in [4.78, 5) is 0. The third-order valence-electron chi connectivity index (χ3n) is 1.87. The summed E-state index contributed by atoms with van der Waals surface area (Å²) in [6, 6.07) is 6.67. The predicted octanol–water partition coefficient (Wildman–Crippen LogP) is 3.67. The van der Waals surface area contributed by atoms with Crippen molar-refractivity contribution in [2.24, 2.45) is 0 Å². The Labute approximate surface area is 76.1 Å². The molecule has 0 unspecified atom stereocenters. The van der Waals surface area contributed by atoms with Gasteiger partial charge in [-0.2, -0.15) is 0 Å². The number of hydrogen-bond donors (Lipinski definition) is 0. The molecule has 2 rings (SSSR count). The van der Waals surface area contributed by atoms with E-state index in [9.17, 15) is 0 Å². The van der Waals surface area contributed by atoms with Gasteiger partial charge in [0, 0.05) is 10.0 Å². The maximum Gasteiger partial charge on any atom is 0.0461 e. The van der Waals surface area contributed by atoms with Gasteiger partial charge in [0.1, 0.15) is 0 Å². The summed E-state index contributed by atoms with van der Waals surface area (Å²) in [5.41, 5.74) is 1.14. The zero-order valence-corrected chi connectivity index (χ0v) is 7.41. The molecule has 57 valence electrons. The van der Waals surface area contributed by atoms with Crippen LogP contribution in [0.2, 0.25) is 10.0 Å². The molecule has 1 aromatic carbocycles. The van der Waals surface area contributed by atoms with Gasteiger partial charge >= 0.3 is 0 Å². The molecule has 0 nitrogen and oxygen atoms in total. The molecule has 0 atom stereocenters. The van der Waals surface area contributed by atoms with Crippen LogP contribution in [0.1, 0.15) is 24.3 Å². The van der Waals surface area contributed by atoms with E-state index < -0.39 is 0 Å². The van der Waals surface area contributed by atoms with Crippen LogP contribution in [0.15, 0.2) is 12.1 Å². The highest BCUT2D eigenvalue weighted by Gasteiger charge is 2.25. The van der Waals surface area contributed by atoms with Crippen LogP contribution in [-0.4, -0.2) is 0 Å². The lowest BCUT2D eigenvalue weighted by Gasteiger charge is -1.99. The Balaban J connectivity index is 2.39. The average molecular weight is 186 g/mol. The standard InChI is InChI=1S/C9H7Cl2/c10-7-3-4-8(6-1-2-6)9(11)5-7/h3,5-6H,1-2H2. The fourth-order valence-electron chi connectivity index (χ4n) is 1.14. The molecule has 1 fully saturated rings. The highest BCUT2D eigenvalue weighted by molar-refractivity contribution is 6.35. The van der Waals surface area contributed by atoms with Crippen LogP contribution in [0.5, 0.6) is 0 Å². The monoisotopic (exact) mass is 185 g/mol. The molecule has 0 N–H and O–H groups in total. The molecule has 2 heteroatoms. The summed E-state index contributed by atoms with van der Waals surface area (Å²) >= 11 is 11.7. The van der Waals surface area contributed by atoms with Crippen molar-refractivity contribution in [2.75, 3.05) is 0 Å². The molecule has 0 spiro atoms. The summed E-state index contributed by atoms with van der Waals surface area (Å²) in [5, 5.41) is 1.43. The molecule has 0 aliphatic heterocycles. The highest BCUT2D eigenvalue weighted by Crippen LogP contribution is 2.43. The third-order valence-corrected chi connectivity index (χ3v) is 2.40. The Bertz CT molecular complexity index is 277. The Morgan fingerprint density at radius 2 is 2.09 bits per heavy atom. The van der Waals surface area contributed by atoms with Crippen molar-refractivity contribution in [1.82, 2.24) is 0 Å². The van der Waals surface area contributed by atoms with Gasteiger partial charge in [0.2, 0.25) is 0 Å². The number of halogens is 2. The van der Waals surface area contributed by atoms with Gasteiger partial charge in [-0.25, -0.2) is 0 Å². The van der Waals surface area contributed by atoms with Crippen molar-refractivity contribution in [3.8, 4) is 0 Å². The second-order valence-corrected chi connectivity index (χ2v) is 3.70. The van der Waals surface area contributed by atoms with Crippen LogP contribution in [0.25, 0.3) is 0 Å². The summed E-state index contributed by atoms with van der Waals surface area (Å²) in [6.45, 7) is 0. The van der Waals surface area contributed by atoms with Gasteiger partial charge in [-0.1, -0.05) is 23.2 Å². The number of hydrogen-bond acceptors (Lipinski definition) is 0. The zero-order chi connectivity index (χ0) is 7.84. The van der Waals surface area contributed by atoms with E-state index in [1.165, 1.54) is 12.8 Å². The fourth-order valence-corrected chi connectivity index (χ4v) is 1.69. The summed E-state index contributed by atoms with van der Waals surface area (Å²) < 4.78 is 0. The summed E-state index contributed by atoms with van der Waals surface area (Å²) in [6.07, 6.45) is 2.50. The Kier molecular flexibility index (Phi) is 1.82. The summed E-state index contributed by atoms with van der Waals surface area (Å²) in [7, 11) is 0. The molecule has 1 aromatic rings. The number of benzene rings is 1. The van der Waals surface area contributed by atoms with Crippen LogP contribution < -0.4 is 0 Å². The van der Waals surface area contributed by atoms with Crippen molar-refractivity contribution in [1.29, 1.82) is 0 Å². The minimum absolute atomic E-state index is 0.653. The van der Waals surface area contributed by atoms with Gasteiger partial charge < -0.3 is 0 Å². The molecule has 1 aliphatic carbocycles. The van der Waals surface area contributed by atoms with E-state index in [-0.39, 0.29) is 0 Å². The van der Waals surface area contributed by atoms with Gasteiger partial charge in [-0.15, -0.1) is 0 Å². The molecule has 0 heterocycles. The maximum atomic E-state index is 5.95. The SMILES string of the molecule is Clc1c[c]c(C2CC2)c(Cl)c1. The lowest BCUT2D eigenvalue weighted by atomic mass is 10.1. The normalized spacial score (nSPS) is 16.9. The van der Waals surface area contributed by atoms with E-state index in [1.807, 2.05) is 0 Å². The molecular weight excluding hydrogens is 179 g/mol. The predicted molar refractivity (Wildman–Crippen MR) is 47.3 cm³/mol. The van der Waals surface area contributed by atoms with Crippen LogP contribution in [0, 0.1) is 6.07 Å². The molecule has 0 aromatic heterocycles. The second kappa shape index (κ2) is 2.69. The van der Waals surface area contributed by atoms with E-state index in [4.69, 9.17) is 23.2 Å². The van der Waals surface area contributed by atoms with Gasteiger partial charge in [-0.05, 0) is 42.5 Å². The first-order chi connectivity index (χ1) is 5.27. The van der Waals surface area contributed by atoms with E-state index in [0.29, 0.717) is 10.9 Å². The fraction of sp³-hybridized carbons (Fsp3) is 0.333. The van der Waals surface area contributed by atoms with Crippen molar-refractivity contribution < 1.29 is 0 Å². The lowest BCUT2D eigenvalue weighted by Crippen LogP contribution is -1.80. The molecule has 0 saturated heterocycles. The minimum atomic E-state index is 0.653. The van der Waals surface area contributed by atoms with Crippen LogP contribution >= 0.6 is 23.2 Å². The van der Waals surface area contributed by atoms with E-state index in [0.717, 1.165) is 10.6 Å². The first kappa shape index (κ1) is 7.45. The first-order valence-corrected chi connectivity index (χ1v) is 4.39. The molecule has 0 bridgehead atoms. The van der Waals surface area contributed by atoms with Gasteiger partial charge in [0.25, 0.3) is 0 Å². The topological polar surface area (TPSA) is 0 Å². The molecular formula is C9H7Cl2. The molecule has 11 heavy (non-hydrogen) atoms. The van der Waals surface area contributed by atoms with Gasteiger partial charge in [0.05, 0.1) is 0 Å². The lowest BCUT2D eigenvalue weighted by molar-refractivity contribution is 1.13. The minimum Gasteiger partial charge on any atom is -0.0843 e. The maximum absolute atomic E-state index is 5.95. The number of rotatable bonds is 1. The zero-order valence-electron chi connectivity index (χ0n) is 5.90. The molecule has 1 aliphatic rings. The van der Waals surface area contributed by atoms with Crippen LogP contribution in [0.4, 0.5) is 0 Å². The van der Waals surface area contributed by atoms with Crippen LogP contribution in [-0.2, 0) is 0 Å². The third kappa shape index (κ3) is 1.52. The van der Waals surface area contributed by atoms with Gasteiger partial charge in [-0.3, -0.25) is 0 Å². The van der Waals surface area contributed by atoms with Gasteiger partial charge in [0.15, 0.2) is 0 Å². The molecule has 0 amide bonds. The van der Waals surface area contributed by atoms with Crippen molar-refractivity contribution in [2.45, 2.75) is 18.8 Å². The second-order valence-electron chi connectivity index (χ2n) is 2.85. The average Bonchev–Trinajstić information content (AvgIpc) is 2.70. The quantitative estimate of drug-likeness (QED) is 0.627. The van der Waals surface area contributed by atoms with E-state index in [2.05, 4.69) is 6.07 Å². The highest BCUT2D eigenvalue weighted by atomic mass is 35.5. The Morgan fingerprint density at radius 1 is 1.36 bits per heavy atom. The van der Waals surface area contributed by atoms with E-state index >= 15 is 0 Å². The van der Waals surface area contributed by atoms with Crippen LogP contribution in [0.3, 0.4) is 0 Å².